The highest BCUT2D eigenvalue weighted by Crippen LogP contribution is 2.08. The molecule has 0 aromatic heterocycles. The van der Waals surface area contributed by atoms with E-state index in [0.29, 0.717) is 66.0 Å². The fraction of sp³-hybridized carbons (Fsp3) is 0.630. The van der Waals surface area contributed by atoms with Gasteiger partial charge in [0.1, 0.15) is 6.61 Å². The molecule has 0 saturated carbocycles. The molecule has 1 rings (SSSR count). The molecule has 0 radical (unpaired) electrons. The van der Waals surface area contributed by atoms with Crippen LogP contribution in [-0.2, 0) is 60.7 Å². The van der Waals surface area contributed by atoms with Gasteiger partial charge < -0.3 is 50.5 Å². The highest BCUT2D eigenvalue weighted by Gasteiger charge is 2.08. The van der Waals surface area contributed by atoms with E-state index in [2.05, 4.69) is 10.6 Å². The average molecular weight is 585 g/mol. The lowest BCUT2D eigenvalue weighted by Gasteiger charge is -2.12. The Morgan fingerprint density at radius 1 is 0.512 bits per heavy atom. The first-order valence-corrected chi connectivity index (χ1v) is 13.5. The molecule has 232 valence electrons. The zero-order chi connectivity index (χ0) is 30.0. The summed E-state index contributed by atoms with van der Waals surface area (Å²) in [6.07, 6.45) is 0.468. The SMILES string of the molecule is NC(=O)CCOCCOCCOCCOCCOCCC(=O)NCc1ccccc1CNC(=O)COCCC(N)=O. The maximum Gasteiger partial charge on any atom is 0.246 e. The van der Waals surface area contributed by atoms with Crippen molar-refractivity contribution in [1.82, 2.24) is 10.6 Å². The summed E-state index contributed by atoms with van der Waals surface area (Å²) in [5.74, 6) is -1.35. The molecule has 1 aromatic rings. The zero-order valence-corrected chi connectivity index (χ0v) is 23.6. The molecule has 0 fully saturated rings. The van der Waals surface area contributed by atoms with Crippen molar-refractivity contribution < 1.29 is 47.6 Å². The fourth-order valence-corrected chi connectivity index (χ4v) is 3.09. The number of primary amides is 2. The van der Waals surface area contributed by atoms with Crippen LogP contribution in [0.25, 0.3) is 0 Å². The normalized spacial score (nSPS) is 10.8. The lowest BCUT2D eigenvalue weighted by molar-refractivity contribution is -0.127. The quantitative estimate of drug-likeness (QED) is 0.0945. The molecule has 0 aliphatic rings. The Labute approximate surface area is 240 Å². The molecule has 0 heterocycles. The Hall–Kier alpha value is -3.14. The van der Waals surface area contributed by atoms with Crippen LogP contribution >= 0.6 is 0 Å². The number of nitrogens with one attached hydrogen (secondary N) is 2. The van der Waals surface area contributed by atoms with Crippen LogP contribution in [-0.4, -0.2) is 103 Å². The van der Waals surface area contributed by atoms with Gasteiger partial charge in [0, 0.05) is 32.4 Å². The van der Waals surface area contributed by atoms with Gasteiger partial charge in [0.15, 0.2) is 0 Å². The highest BCUT2D eigenvalue weighted by atomic mass is 16.6. The Bertz CT molecular complexity index is 887. The lowest BCUT2D eigenvalue weighted by Crippen LogP contribution is -2.29. The molecular formula is C27H44N4O10. The smallest absolute Gasteiger partial charge is 0.246 e. The Morgan fingerprint density at radius 2 is 0.878 bits per heavy atom. The van der Waals surface area contributed by atoms with Gasteiger partial charge in [-0.1, -0.05) is 24.3 Å². The minimum atomic E-state index is -0.488. The van der Waals surface area contributed by atoms with E-state index in [-0.39, 0.29) is 57.4 Å². The maximum absolute atomic E-state index is 12.2. The number of ether oxygens (including phenoxy) is 6. The van der Waals surface area contributed by atoms with Gasteiger partial charge in [-0.25, -0.2) is 0 Å². The van der Waals surface area contributed by atoms with Gasteiger partial charge in [0.2, 0.25) is 23.6 Å². The summed E-state index contributed by atoms with van der Waals surface area (Å²) in [6, 6.07) is 7.45. The molecular weight excluding hydrogens is 540 g/mol. The number of nitrogens with two attached hydrogens (primary N) is 2. The fourth-order valence-electron chi connectivity index (χ4n) is 3.09. The predicted molar refractivity (Wildman–Crippen MR) is 147 cm³/mol. The summed E-state index contributed by atoms with van der Waals surface area (Å²) in [5.41, 5.74) is 11.8. The predicted octanol–water partition coefficient (Wildman–Crippen LogP) is -0.840. The first kappa shape index (κ1) is 35.9. The molecule has 0 unspecified atom stereocenters. The second-order valence-electron chi connectivity index (χ2n) is 8.62. The van der Waals surface area contributed by atoms with Crippen LogP contribution in [0.1, 0.15) is 30.4 Å². The van der Waals surface area contributed by atoms with Gasteiger partial charge in [-0.15, -0.1) is 0 Å². The Kier molecular flexibility index (Phi) is 21.6. The molecule has 14 heteroatoms. The molecule has 0 saturated heterocycles. The molecule has 4 amide bonds. The van der Waals surface area contributed by atoms with E-state index in [1.165, 1.54) is 0 Å². The van der Waals surface area contributed by atoms with Gasteiger partial charge in [-0.05, 0) is 11.1 Å². The summed E-state index contributed by atoms with van der Waals surface area (Å²) in [4.78, 5) is 45.3. The molecule has 0 atom stereocenters. The van der Waals surface area contributed by atoms with Crippen LogP contribution in [0.2, 0.25) is 0 Å². The van der Waals surface area contributed by atoms with Crippen molar-refractivity contribution in [2.45, 2.75) is 32.4 Å². The number of rotatable bonds is 27. The van der Waals surface area contributed by atoms with Crippen molar-refractivity contribution in [2.75, 3.05) is 79.3 Å². The lowest BCUT2D eigenvalue weighted by atomic mass is 10.1. The minimum Gasteiger partial charge on any atom is -0.379 e. The van der Waals surface area contributed by atoms with Crippen LogP contribution in [0.4, 0.5) is 0 Å². The number of carbonyl (C=O) groups is 4. The third kappa shape index (κ3) is 22.3. The molecule has 6 N–H and O–H groups in total. The van der Waals surface area contributed by atoms with Gasteiger partial charge in [0.05, 0.1) is 72.7 Å². The molecule has 0 spiro atoms. The van der Waals surface area contributed by atoms with Crippen molar-refractivity contribution in [2.24, 2.45) is 11.5 Å². The van der Waals surface area contributed by atoms with Crippen LogP contribution in [0.3, 0.4) is 0 Å². The van der Waals surface area contributed by atoms with Crippen molar-refractivity contribution in [3.8, 4) is 0 Å². The largest absolute Gasteiger partial charge is 0.379 e. The van der Waals surface area contributed by atoms with Crippen LogP contribution in [0.15, 0.2) is 24.3 Å². The molecule has 41 heavy (non-hydrogen) atoms. The van der Waals surface area contributed by atoms with E-state index in [1.807, 2.05) is 24.3 Å². The summed E-state index contributed by atoms with van der Waals surface area (Å²) >= 11 is 0. The van der Waals surface area contributed by atoms with Gasteiger partial charge in [-0.3, -0.25) is 19.2 Å². The third-order valence-electron chi connectivity index (χ3n) is 5.25. The summed E-state index contributed by atoms with van der Waals surface area (Å²) < 4.78 is 31.9. The van der Waals surface area contributed by atoms with E-state index >= 15 is 0 Å². The number of amides is 4. The monoisotopic (exact) mass is 584 g/mol. The average Bonchev–Trinajstić information content (AvgIpc) is 2.94. The van der Waals surface area contributed by atoms with Gasteiger partial charge in [-0.2, -0.15) is 0 Å². The third-order valence-corrected chi connectivity index (χ3v) is 5.25. The molecule has 0 aliphatic heterocycles. The van der Waals surface area contributed by atoms with E-state index in [1.54, 1.807) is 0 Å². The summed E-state index contributed by atoms with van der Waals surface area (Å²) in [5, 5.41) is 5.60. The summed E-state index contributed by atoms with van der Waals surface area (Å²) in [7, 11) is 0. The second kappa shape index (κ2) is 24.6. The first-order valence-electron chi connectivity index (χ1n) is 13.5. The van der Waals surface area contributed by atoms with Crippen molar-refractivity contribution >= 4 is 23.6 Å². The van der Waals surface area contributed by atoms with Crippen molar-refractivity contribution in [3.05, 3.63) is 35.4 Å². The van der Waals surface area contributed by atoms with Crippen LogP contribution in [0, 0.1) is 0 Å². The second-order valence-corrected chi connectivity index (χ2v) is 8.62. The number of hydrogen-bond donors (Lipinski definition) is 4. The number of carbonyl (C=O) groups excluding carboxylic acids is 4. The van der Waals surface area contributed by atoms with Gasteiger partial charge >= 0.3 is 0 Å². The van der Waals surface area contributed by atoms with E-state index in [9.17, 15) is 19.2 Å². The number of hydrogen-bond acceptors (Lipinski definition) is 10. The molecule has 0 bridgehead atoms. The molecule has 0 aliphatic carbocycles. The van der Waals surface area contributed by atoms with Crippen LogP contribution < -0.4 is 22.1 Å². The van der Waals surface area contributed by atoms with E-state index < -0.39 is 11.8 Å². The van der Waals surface area contributed by atoms with Crippen molar-refractivity contribution in [3.63, 3.8) is 0 Å². The van der Waals surface area contributed by atoms with Gasteiger partial charge in [0.25, 0.3) is 0 Å². The Balaban J connectivity index is 1.99. The zero-order valence-electron chi connectivity index (χ0n) is 23.6. The number of benzene rings is 1. The highest BCUT2D eigenvalue weighted by molar-refractivity contribution is 5.77. The summed E-state index contributed by atoms with van der Waals surface area (Å²) in [6.45, 7) is 4.36. The standard InChI is InChI=1S/C27H44N4O10/c28-24(32)5-8-36-11-13-38-15-17-40-18-16-39-14-12-37-10-7-26(34)30-19-22-3-1-2-4-23(22)20-31-27(35)21-41-9-6-25(29)33/h1-4H,5-21H2,(H2,28,32)(H2,29,33)(H,30,34)(H,31,35). The van der Waals surface area contributed by atoms with E-state index in [4.69, 9.17) is 39.9 Å². The van der Waals surface area contributed by atoms with Crippen molar-refractivity contribution in [1.29, 1.82) is 0 Å². The topological polar surface area (TPSA) is 200 Å². The molecule has 14 nitrogen and oxygen atoms in total. The van der Waals surface area contributed by atoms with E-state index in [0.717, 1.165) is 11.1 Å². The molecule has 1 aromatic carbocycles. The van der Waals surface area contributed by atoms with Crippen LogP contribution in [0.5, 0.6) is 0 Å². The first-order chi connectivity index (χ1) is 19.9. The minimum absolute atomic E-state index is 0.0587. The Morgan fingerprint density at radius 3 is 1.32 bits per heavy atom. The maximum atomic E-state index is 12.2.